The van der Waals surface area contributed by atoms with Gasteiger partial charge >= 0.3 is 0 Å². The normalized spacial score (nSPS) is 17.1. The lowest BCUT2D eigenvalue weighted by Gasteiger charge is -2.13. The van der Waals surface area contributed by atoms with Gasteiger partial charge in [0.25, 0.3) is 0 Å². The lowest BCUT2D eigenvalue weighted by molar-refractivity contribution is 0.756. The van der Waals surface area contributed by atoms with E-state index in [-0.39, 0.29) is 0 Å². The number of hydrogen-bond acceptors (Lipinski definition) is 1. The Bertz CT molecular complexity index is 492. The summed E-state index contributed by atoms with van der Waals surface area (Å²) in [5.41, 5.74) is 2.57. The Morgan fingerprint density at radius 1 is 1.19 bits per heavy atom. The molecule has 0 saturated heterocycles. The van der Waals surface area contributed by atoms with Crippen molar-refractivity contribution in [3.63, 3.8) is 0 Å². The van der Waals surface area contributed by atoms with Gasteiger partial charge in [-0.1, -0.05) is 12.8 Å². The molecule has 16 heavy (non-hydrogen) atoms. The second kappa shape index (κ2) is 3.85. The molecule has 0 bridgehead atoms. The van der Waals surface area contributed by atoms with Crippen molar-refractivity contribution in [3.8, 4) is 0 Å². The van der Waals surface area contributed by atoms with E-state index in [1.165, 1.54) is 42.3 Å². The molecule has 0 spiro atoms. The maximum atomic E-state index is 3.63. The van der Waals surface area contributed by atoms with Gasteiger partial charge in [-0.3, -0.25) is 0 Å². The van der Waals surface area contributed by atoms with Gasteiger partial charge in [-0.15, -0.1) is 0 Å². The lowest BCUT2D eigenvalue weighted by Crippen LogP contribution is -2.14. The number of nitrogens with zero attached hydrogens (tertiary/aromatic N) is 1. The van der Waals surface area contributed by atoms with Crippen LogP contribution in [0.15, 0.2) is 30.5 Å². The van der Waals surface area contributed by atoms with Gasteiger partial charge in [-0.25, -0.2) is 0 Å². The zero-order chi connectivity index (χ0) is 11.0. The minimum atomic E-state index is 0.696. The molecule has 0 atom stereocenters. The molecule has 1 saturated carbocycles. The Morgan fingerprint density at radius 3 is 2.81 bits per heavy atom. The van der Waals surface area contributed by atoms with E-state index in [1.807, 2.05) is 0 Å². The molecular weight excluding hydrogens is 196 g/mol. The van der Waals surface area contributed by atoms with E-state index in [0.717, 1.165) is 0 Å². The summed E-state index contributed by atoms with van der Waals surface area (Å²) in [4.78, 5) is 0. The first kappa shape index (κ1) is 9.76. The number of rotatable bonds is 2. The van der Waals surface area contributed by atoms with E-state index < -0.39 is 0 Å². The highest BCUT2D eigenvalue weighted by Crippen LogP contribution is 2.25. The largest absolute Gasteiger partial charge is 0.382 e. The van der Waals surface area contributed by atoms with Crippen molar-refractivity contribution in [1.82, 2.24) is 4.57 Å². The third-order valence-electron chi connectivity index (χ3n) is 3.61. The van der Waals surface area contributed by atoms with Gasteiger partial charge in [0.1, 0.15) is 0 Å². The molecule has 1 fully saturated rings. The molecular formula is C14H18N2. The number of aryl methyl sites for hydroxylation is 1. The van der Waals surface area contributed by atoms with Gasteiger partial charge < -0.3 is 9.88 Å². The van der Waals surface area contributed by atoms with Crippen molar-refractivity contribution in [2.45, 2.75) is 31.7 Å². The zero-order valence-corrected chi connectivity index (χ0v) is 9.74. The van der Waals surface area contributed by atoms with Crippen LogP contribution in [0.4, 0.5) is 5.69 Å². The van der Waals surface area contributed by atoms with Gasteiger partial charge in [0.2, 0.25) is 0 Å². The molecule has 1 aromatic heterocycles. The second-order valence-corrected chi connectivity index (χ2v) is 4.83. The SMILES string of the molecule is Cn1ccc2cc(NC3CCCC3)ccc21. The minimum absolute atomic E-state index is 0.696. The Morgan fingerprint density at radius 2 is 2.00 bits per heavy atom. The number of aromatic nitrogens is 1. The third-order valence-corrected chi connectivity index (χ3v) is 3.61. The molecule has 1 heterocycles. The first-order valence-electron chi connectivity index (χ1n) is 6.14. The fourth-order valence-corrected chi connectivity index (χ4v) is 2.68. The van der Waals surface area contributed by atoms with Crippen LogP contribution < -0.4 is 5.32 Å². The predicted molar refractivity (Wildman–Crippen MR) is 68.8 cm³/mol. The Balaban J connectivity index is 1.87. The Kier molecular flexibility index (Phi) is 2.35. The molecule has 1 aromatic carbocycles. The first-order valence-corrected chi connectivity index (χ1v) is 6.14. The Hall–Kier alpha value is -1.44. The molecule has 2 aromatic rings. The van der Waals surface area contributed by atoms with E-state index in [0.29, 0.717) is 6.04 Å². The van der Waals surface area contributed by atoms with Crippen molar-refractivity contribution < 1.29 is 0 Å². The molecule has 84 valence electrons. The quantitative estimate of drug-likeness (QED) is 0.809. The summed E-state index contributed by atoms with van der Waals surface area (Å²) in [6.45, 7) is 0. The van der Waals surface area contributed by atoms with Crippen molar-refractivity contribution in [3.05, 3.63) is 30.5 Å². The van der Waals surface area contributed by atoms with Crippen LogP contribution in [-0.4, -0.2) is 10.6 Å². The predicted octanol–water partition coefficient (Wildman–Crippen LogP) is 3.53. The monoisotopic (exact) mass is 214 g/mol. The smallest absolute Gasteiger partial charge is 0.0479 e. The van der Waals surface area contributed by atoms with Gasteiger partial charge in [0.15, 0.2) is 0 Å². The summed E-state index contributed by atoms with van der Waals surface area (Å²) in [5, 5.41) is 4.96. The minimum Gasteiger partial charge on any atom is -0.382 e. The van der Waals surface area contributed by atoms with Gasteiger partial charge in [0, 0.05) is 35.9 Å². The average molecular weight is 214 g/mol. The molecule has 2 heteroatoms. The van der Waals surface area contributed by atoms with E-state index in [9.17, 15) is 0 Å². The van der Waals surface area contributed by atoms with Crippen LogP contribution in [0.3, 0.4) is 0 Å². The number of hydrogen-bond donors (Lipinski definition) is 1. The highest BCUT2D eigenvalue weighted by molar-refractivity contribution is 5.83. The highest BCUT2D eigenvalue weighted by Gasteiger charge is 2.14. The van der Waals surface area contributed by atoms with Crippen LogP contribution in [0.5, 0.6) is 0 Å². The van der Waals surface area contributed by atoms with E-state index in [1.54, 1.807) is 0 Å². The van der Waals surface area contributed by atoms with Crippen LogP contribution in [0.25, 0.3) is 10.9 Å². The molecule has 0 radical (unpaired) electrons. The molecule has 1 aliphatic rings. The average Bonchev–Trinajstić information content (AvgIpc) is 2.90. The fourth-order valence-electron chi connectivity index (χ4n) is 2.68. The van der Waals surface area contributed by atoms with Crippen LogP contribution in [0.2, 0.25) is 0 Å². The molecule has 3 rings (SSSR count). The van der Waals surface area contributed by atoms with E-state index in [2.05, 4.69) is 47.4 Å². The molecule has 0 amide bonds. The number of benzene rings is 1. The van der Waals surface area contributed by atoms with Crippen LogP contribution in [0.1, 0.15) is 25.7 Å². The molecule has 0 unspecified atom stereocenters. The van der Waals surface area contributed by atoms with Gasteiger partial charge in [-0.05, 0) is 37.1 Å². The molecule has 1 N–H and O–H groups in total. The molecule has 1 aliphatic carbocycles. The summed E-state index contributed by atoms with van der Waals surface area (Å²) >= 11 is 0. The van der Waals surface area contributed by atoms with Crippen LogP contribution >= 0.6 is 0 Å². The zero-order valence-electron chi connectivity index (χ0n) is 9.74. The van der Waals surface area contributed by atoms with Crippen molar-refractivity contribution in [1.29, 1.82) is 0 Å². The maximum absolute atomic E-state index is 3.63. The number of fused-ring (bicyclic) bond motifs is 1. The summed E-state index contributed by atoms with van der Waals surface area (Å²) in [5.74, 6) is 0. The van der Waals surface area contributed by atoms with Crippen LogP contribution in [0, 0.1) is 0 Å². The maximum Gasteiger partial charge on any atom is 0.0479 e. The lowest BCUT2D eigenvalue weighted by atomic mass is 10.2. The summed E-state index contributed by atoms with van der Waals surface area (Å²) in [6, 6.07) is 9.52. The third kappa shape index (κ3) is 1.69. The van der Waals surface area contributed by atoms with Crippen molar-refractivity contribution >= 4 is 16.6 Å². The van der Waals surface area contributed by atoms with E-state index in [4.69, 9.17) is 0 Å². The second-order valence-electron chi connectivity index (χ2n) is 4.83. The van der Waals surface area contributed by atoms with Crippen molar-refractivity contribution in [2.24, 2.45) is 7.05 Å². The Labute approximate surface area is 96.3 Å². The highest BCUT2D eigenvalue weighted by atomic mass is 14.9. The molecule has 0 aliphatic heterocycles. The molecule has 2 nitrogen and oxygen atoms in total. The van der Waals surface area contributed by atoms with Crippen molar-refractivity contribution in [2.75, 3.05) is 5.32 Å². The summed E-state index contributed by atoms with van der Waals surface area (Å²) < 4.78 is 2.16. The number of anilines is 1. The fraction of sp³-hybridized carbons (Fsp3) is 0.429. The topological polar surface area (TPSA) is 17.0 Å². The summed E-state index contributed by atoms with van der Waals surface area (Å²) in [6.07, 6.45) is 7.53. The summed E-state index contributed by atoms with van der Waals surface area (Å²) in [7, 11) is 2.09. The first-order chi connectivity index (χ1) is 7.83. The van der Waals surface area contributed by atoms with Gasteiger partial charge in [0.05, 0.1) is 0 Å². The van der Waals surface area contributed by atoms with Crippen LogP contribution in [-0.2, 0) is 7.05 Å². The standard InChI is InChI=1S/C14H18N2/c1-16-9-8-11-10-13(6-7-14(11)16)15-12-4-2-3-5-12/h6-10,12,15H,2-5H2,1H3. The van der Waals surface area contributed by atoms with E-state index >= 15 is 0 Å². The number of nitrogens with one attached hydrogen (secondary N) is 1. The van der Waals surface area contributed by atoms with Gasteiger partial charge in [-0.2, -0.15) is 0 Å².